The van der Waals surface area contributed by atoms with E-state index in [0.717, 1.165) is 19.6 Å². The Bertz CT molecular complexity index is 329. The number of likely N-dealkylation sites (N-methyl/N-ethyl adjacent to an activating group) is 1. The third kappa shape index (κ3) is 3.92. The van der Waals surface area contributed by atoms with Gasteiger partial charge in [-0.05, 0) is 26.0 Å². The first kappa shape index (κ1) is 12.5. The lowest BCUT2D eigenvalue weighted by Crippen LogP contribution is -2.35. The zero-order valence-electron chi connectivity index (χ0n) is 9.98. The summed E-state index contributed by atoms with van der Waals surface area (Å²) in [6.07, 6.45) is 0. The van der Waals surface area contributed by atoms with E-state index < -0.39 is 0 Å². The average molecular weight is 217 g/mol. The van der Waals surface area contributed by atoms with Crippen molar-refractivity contribution < 1.29 is 0 Å². The summed E-state index contributed by atoms with van der Waals surface area (Å²) in [6.45, 7) is 6.75. The largest absolute Gasteiger partial charge is 0.371 e. The molecule has 0 aliphatic heterocycles. The third-order valence-corrected chi connectivity index (χ3v) is 2.53. The van der Waals surface area contributed by atoms with Gasteiger partial charge in [-0.1, -0.05) is 18.2 Å². The Morgan fingerprint density at radius 2 is 2.06 bits per heavy atom. The zero-order valence-corrected chi connectivity index (χ0v) is 9.98. The molecular formula is C13H19N3. The summed E-state index contributed by atoms with van der Waals surface area (Å²) < 4.78 is 0. The number of nitrogens with one attached hydrogen (secondary N) is 1. The van der Waals surface area contributed by atoms with E-state index in [4.69, 9.17) is 5.26 Å². The van der Waals surface area contributed by atoms with Gasteiger partial charge >= 0.3 is 0 Å². The highest BCUT2D eigenvalue weighted by molar-refractivity contribution is 5.45. The van der Waals surface area contributed by atoms with E-state index in [1.807, 2.05) is 25.1 Å². The number of benzene rings is 1. The van der Waals surface area contributed by atoms with Crippen molar-refractivity contribution in [3.63, 3.8) is 0 Å². The number of hydrogen-bond donors (Lipinski definition) is 1. The van der Waals surface area contributed by atoms with Gasteiger partial charge in [-0.15, -0.1) is 0 Å². The molecule has 0 aliphatic carbocycles. The fourth-order valence-electron chi connectivity index (χ4n) is 1.57. The van der Waals surface area contributed by atoms with Crippen molar-refractivity contribution in [2.75, 3.05) is 24.5 Å². The Morgan fingerprint density at radius 3 is 2.62 bits per heavy atom. The maximum Gasteiger partial charge on any atom is 0.0925 e. The Balaban J connectivity index is 2.42. The predicted molar refractivity (Wildman–Crippen MR) is 67.4 cm³/mol. The second-order valence-electron chi connectivity index (χ2n) is 3.72. The predicted octanol–water partition coefficient (Wildman–Crippen LogP) is 2.01. The topological polar surface area (TPSA) is 39.1 Å². The van der Waals surface area contributed by atoms with Crippen molar-refractivity contribution in [3.8, 4) is 6.07 Å². The number of nitriles is 1. The molecule has 0 amide bonds. The van der Waals surface area contributed by atoms with Crippen LogP contribution in [0.2, 0.25) is 0 Å². The summed E-state index contributed by atoms with van der Waals surface area (Å²) in [5, 5.41) is 11.8. The molecule has 1 unspecified atom stereocenters. The summed E-state index contributed by atoms with van der Waals surface area (Å²) in [5.41, 5.74) is 1.23. The SMILES string of the molecule is CCN(CCNC(C)C#N)c1ccccc1. The summed E-state index contributed by atoms with van der Waals surface area (Å²) in [5.74, 6) is 0. The number of anilines is 1. The van der Waals surface area contributed by atoms with Crippen LogP contribution in [0.25, 0.3) is 0 Å². The molecule has 3 nitrogen and oxygen atoms in total. The monoisotopic (exact) mass is 217 g/mol. The highest BCUT2D eigenvalue weighted by atomic mass is 15.1. The molecular weight excluding hydrogens is 198 g/mol. The first-order valence-corrected chi connectivity index (χ1v) is 5.71. The molecule has 1 aromatic rings. The van der Waals surface area contributed by atoms with E-state index in [9.17, 15) is 0 Å². The van der Waals surface area contributed by atoms with Gasteiger partial charge in [0.1, 0.15) is 0 Å². The molecule has 3 heteroatoms. The van der Waals surface area contributed by atoms with Gasteiger partial charge < -0.3 is 10.2 Å². The van der Waals surface area contributed by atoms with Crippen molar-refractivity contribution in [1.82, 2.24) is 5.32 Å². The van der Waals surface area contributed by atoms with Gasteiger partial charge in [0.05, 0.1) is 12.1 Å². The lowest BCUT2D eigenvalue weighted by atomic mass is 10.3. The van der Waals surface area contributed by atoms with E-state index in [1.165, 1.54) is 5.69 Å². The Morgan fingerprint density at radius 1 is 1.38 bits per heavy atom. The van der Waals surface area contributed by atoms with E-state index in [0.29, 0.717) is 0 Å². The van der Waals surface area contributed by atoms with Crippen LogP contribution in [0.5, 0.6) is 0 Å². The van der Waals surface area contributed by atoms with Gasteiger partial charge in [-0.3, -0.25) is 0 Å². The number of rotatable bonds is 6. The molecule has 0 radical (unpaired) electrons. The molecule has 16 heavy (non-hydrogen) atoms. The molecule has 0 bridgehead atoms. The van der Waals surface area contributed by atoms with Crippen LogP contribution < -0.4 is 10.2 Å². The van der Waals surface area contributed by atoms with E-state index in [-0.39, 0.29) is 6.04 Å². The molecule has 0 aromatic heterocycles. The van der Waals surface area contributed by atoms with Gasteiger partial charge in [0, 0.05) is 25.3 Å². The van der Waals surface area contributed by atoms with E-state index in [1.54, 1.807) is 0 Å². The number of para-hydroxylation sites is 1. The summed E-state index contributed by atoms with van der Waals surface area (Å²) >= 11 is 0. The Labute approximate surface area is 97.7 Å². The molecule has 86 valence electrons. The van der Waals surface area contributed by atoms with Crippen LogP contribution in [0.1, 0.15) is 13.8 Å². The molecule has 0 saturated carbocycles. The minimum absolute atomic E-state index is 0.0746. The van der Waals surface area contributed by atoms with Crippen LogP contribution in [-0.4, -0.2) is 25.7 Å². The van der Waals surface area contributed by atoms with Crippen molar-refractivity contribution in [3.05, 3.63) is 30.3 Å². The molecule has 1 N–H and O–H groups in total. The Hall–Kier alpha value is -1.53. The standard InChI is InChI=1S/C13H19N3/c1-3-16(10-9-15-12(2)11-14)13-7-5-4-6-8-13/h4-8,12,15H,3,9-10H2,1-2H3. The van der Waals surface area contributed by atoms with Gasteiger partial charge in [0.2, 0.25) is 0 Å². The summed E-state index contributed by atoms with van der Waals surface area (Å²) in [7, 11) is 0. The highest BCUT2D eigenvalue weighted by Gasteiger charge is 2.03. The van der Waals surface area contributed by atoms with Crippen molar-refractivity contribution in [1.29, 1.82) is 5.26 Å². The molecule has 0 heterocycles. The normalized spacial score (nSPS) is 11.8. The lowest BCUT2D eigenvalue weighted by Gasteiger charge is -2.23. The van der Waals surface area contributed by atoms with Gasteiger partial charge in [0.15, 0.2) is 0 Å². The molecule has 1 atom stereocenters. The lowest BCUT2D eigenvalue weighted by molar-refractivity contribution is 0.628. The second-order valence-corrected chi connectivity index (χ2v) is 3.72. The summed E-state index contributed by atoms with van der Waals surface area (Å²) in [4.78, 5) is 2.29. The maximum absolute atomic E-state index is 8.65. The van der Waals surface area contributed by atoms with Gasteiger partial charge in [-0.2, -0.15) is 5.26 Å². The average Bonchev–Trinajstić information content (AvgIpc) is 2.35. The number of nitrogens with zero attached hydrogens (tertiary/aromatic N) is 2. The van der Waals surface area contributed by atoms with Crippen LogP contribution >= 0.6 is 0 Å². The molecule has 1 aromatic carbocycles. The fraction of sp³-hybridized carbons (Fsp3) is 0.462. The van der Waals surface area contributed by atoms with Crippen LogP contribution in [0.15, 0.2) is 30.3 Å². The maximum atomic E-state index is 8.65. The first-order chi connectivity index (χ1) is 7.77. The van der Waals surface area contributed by atoms with Crippen LogP contribution in [0.3, 0.4) is 0 Å². The van der Waals surface area contributed by atoms with Gasteiger partial charge in [0.25, 0.3) is 0 Å². The van der Waals surface area contributed by atoms with E-state index >= 15 is 0 Å². The minimum Gasteiger partial charge on any atom is -0.371 e. The molecule has 0 fully saturated rings. The van der Waals surface area contributed by atoms with Gasteiger partial charge in [-0.25, -0.2) is 0 Å². The minimum atomic E-state index is -0.0746. The van der Waals surface area contributed by atoms with Crippen molar-refractivity contribution in [2.45, 2.75) is 19.9 Å². The van der Waals surface area contributed by atoms with Crippen molar-refractivity contribution >= 4 is 5.69 Å². The third-order valence-electron chi connectivity index (χ3n) is 2.53. The van der Waals surface area contributed by atoms with Crippen LogP contribution in [-0.2, 0) is 0 Å². The quantitative estimate of drug-likeness (QED) is 0.792. The first-order valence-electron chi connectivity index (χ1n) is 5.71. The second kappa shape index (κ2) is 6.86. The smallest absolute Gasteiger partial charge is 0.0925 e. The zero-order chi connectivity index (χ0) is 11.8. The molecule has 1 rings (SSSR count). The summed E-state index contributed by atoms with van der Waals surface area (Å²) in [6, 6.07) is 12.4. The van der Waals surface area contributed by atoms with Crippen LogP contribution in [0, 0.1) is 11.3 Å². The highest BCUT2D eigenvalue weighted by Crippen LogP contribution is 2.11. The number of hydrogen-bond acceptors (Lipinski definition) is 3. The molecule has 0 spiro atoms. The fourth-order valence-corrected chi connectivity index (χ4v) is 1.57. The van der Waals surface area contributed by atoms with Crippen molar-refractivity contribution in [2.24, 2.45) is 0 Å². The molecule has 0 saturated heterocycles. The Kier molecular flexibility index (Phi) is 5.38. The molecule has 0 aliphatic rings. The van der Waals surface area contributed by atoms with E-state index in [2.05, 4.69) is 35.3 Å². The van der Waals surface area contributed by atoms with Crippen LogP contribution in [0.4, 0.5) is 5.69 Å².